The number of alkyl halides is 2. The Morgan fingerprint density at radius 2 is 0.676 bits per heavy atom. The first-order valence-corrected chi connectivity index (χ1v) is 44.4. The van der Waals surface area contributed by atoms with Crippen LogP contribution in [0.1, 0.15) is 128 Å². The third-order valence-electron chi connectivity index (χ3n) is 23.6. The lowest BCUT2D eigenvalue weighted by molar-refractivity contribution is -0.0500. The number of benzene rings is 7. The van der Waals surface area contributed by atoms with Crippen LogP contribution in [0.25, 0.3) is 88.4 Å². The van der Waals surface area contributed by atoms with Crippen LogP contribution in [0.3, 0.4) is 0 Å². The van der Waals surface area contributed by atoms with E-state index in [4.69, 9.17) is 55.5 Å². The van der Waals surface area contributed by atoms with Crippen LogP contribution in [0.15, 0.2) is 268 Å². The molecule has 1 aliphatic carbocycles. The summed E-state index contributed by atoms with van der Waals surface area (Å²) in [6.45, 7) is 6.59. The number of hydrogen-bond acceptors (Lipinski definition) is 27. The first kappa shape index (κ1) is 93.8. The van der Waals surface area contributed by atoms with Crippen LogP contribution in [0.4, 0.5) is 8.78 Å². The first-order valence-electron chi connectivity index (χ1n) is 44.0. The van der Waals surface area contributed by atoms with Crippen molar-refractivity contribution in [2.75, 3.05) is 85.1 Å². The number of carbonyl (C=O) groups excluding carboxylic acids is 6. The number of rotatable bonds is 19. The van der Waals surface area contributed by atoms with Gasteiger partial charge in [-0.15, -0.1) is 0 Å². The van der Waals surface area contributed by atoms with Crippen molar-refractivity contribution in [2.24, 2.45) is 70.3 Å². The number of nitrogens with two attached hydrogens (primary N) is 6. The summed E-state index contributed by atoms with van der Waals surface area (Å²) in [7, 11) is 0. The highest BCUT2D eigenvalue weighted by Gasteiger charge is 2.29. The van der Waals surface area contributed by atoms with Gasteiger partial charge in [0.25, 0.3) is 0 Å². The van der Waals surface area contributed by atoms with E-state index in [9.17, 15) is 37.5 Å². The summed E-state index contributed by atoms with van der Waals surface area (Å²) in [6, 6.07) is 49.6. The van der Waals surface area contributed by atoms with Crippen LogP contribution in [-0.2, 0) is 0 Å². The highest BCUT2D eigenvalue weighted by molar-refractivity contribution is 6.31. The van der Waals surface area contributed by atoms with Crippen LogP contribution < -0.4 is 48.6 Å². The molecule has 0 unspecified atom stereocenters. The summed E-state index contributed by atoms with van der Waals surface area (Å²) >= 11 is 6.13. The Morgan fingerprint density at radius 3 is 1.07 bits per heavy atom. The molecule has 684 valence electrons. The van der Waals surface area contributed by atoms with Gasteiger partial charge in [0.15, 0.2) is 34.7 Å². The Bertz CT molecular complexity index is 7110. The summed E-state index contributed by atoms with van der Waals surface area (Å²) in [5, 5.41) is 3.94. The maximum Gasteiger partial charge on any atom is 0.387 e. The molecule has 6 aliphatic heterocycles. The lowest BCUT2D eigenvalue weighted by Crippen LogP contribution is -2.24. The highest BCUT2D eigenvalue weighted by Crippen LogP contribution is 2.38. The molecule has 136 heavy (non-hydrogen) atoms. The zero-order valence-corrected chi connectivity index (χ0v) is 75.3. The lowest BCUT2D eigenvalue weighted by atomic mass is 9.91. The number of halogens is 3. The number of Topliss-reactive ketones (excluding diaryl/α,β-unsaturated/α-hetero) is 6. The number of carbonyl (C=O) groups is 6. The van der Waals surface area contributed by atoms with Crippen molar-refractivity contribution in [2.45, 2.75) is 46.3 Å². The van der Waals surface area contributed by atoms with E-state index in [1.807, 2.05) is 173 Å². The molecule has 0 atom stereocenters. The van der Waals surface area contributed by atoms with E-state index in [2.05, 4.69) is 75.6 Å². The predicted octanol–water partition coefficient (Wildman–Crippen LogP) is 14.9. The number of aromatic nitrogens is 7. The number of hydrogen-bond donors (Lipinski definition) is 7. The van der Waals surface area contributed by atoms with Crippen molar-refractivity contribution in [1.29, 1.82) is 0 Å². The fraction of sp³-hybridized carbons (Fsp3) is 0.200. The summed E-state index contributed by atoms with van der Waals surface area (Å²) < 4.78 is 40.5. The molecule has 7 aromatic carbocycles. The van der Waals surface area contributed by atoms with E-state index in [1.54, 1.807) is 61.6 Å². The topological polar surface area (TPSA) is 454 Å². The van der Waals surface area contributed by atoms with E-state index in [0.29, 0.717) is 99.4 Å². The van der Waals surface area contributed by atoms with Gasteiger partial charge < -0.3 is 53.6 Å². The number of fused-ring (bicyclic) bond motifs is 8. The summed E-state index contributed by atoms with van der Waals surface area (Å²) in [6.07, 6.45) is 25.0. The highest BCUT2D eigenvalue weighted by atomic mass is 35.5. The molecule has 7 aromatic heterocycles. The fourth-order valence-corrected chi connectivity index (χ4v) is 16.6. The van der Waals surface area contributed by atoms with Crippen LogP contribution in [0.5, 0.6) is 17.2 Å². The maximum atomic E-state index is 12.3. The Kier molecular flexibility index (Phi) is 29.4. The molecule has 1 saturated carbocycles. The van der Waals surface area contributed by atoms with Crippen molar-refractivity contribution >= 4 is 102 Å². The quantitative estimate of drug-likeness (QED) is 0.0395. The van der Waals surface area contributed by atoms with Gasteiger partial charge in [-0.25, -0.2) is 0 Å². The number of pyridine rings is 6. The zero-order chi connectivity index (χ0) is 95.2. The second-order valence-corrected chi connectivity index (χ2v) is 33.2. The molecule has 7 aliphatic rings. The maximum absolute atomic E-state index is 12.3. The molecule has 0 radical (unpaired) electrons. The van der Waals surface area contributed by atoms with Crippen molar-refractivity contribution < 1.29 is 51.8 Å². The minimum atomic E-state index is -2.91. The summed E-state index contributed by atoms with van der Waals surface area (Å²) in [5.74, 6) is 2.26. The zero-order valence-electron chi connectivity index (χ0n) is 74.5. The SMILES string of the molecule is CC(C)Oc1cncc(-c2ccc3c(c2)C(CN)=NCC3=O)c1.Cc1c(Cl)cncc1-c1ccc2c(c1)C(CN)=NCC2=O.NCC1=NCC(=O)c2ccc(-c3cncc(OC(F)F)c3)cc21.NCC1=NCC(=O)c2ccc(-c3cncc(OCC4CC4)c3)cc21.NCC1=NCC(=O)c2ccc(-c3cncc4[nH]ccc34)cc21.NCC1=NCC(=O)c2ccc(-c3cncc4ccccc34)cc21. The van der Waals surface area contributed by atoms with Gasteiger partial charge in [0, 0.05) is 206 Å². The van der Waals surface area contributed by atoms with E-state index in [0.717, 1.165) is 157 Å². The van der Waals surface area contributed by atoms with Crippen molar-refractivity contribution in [3.05, 3.63) is 316 Å². The van der Waals surface area contributed by atoms with Crippen LogP contribution in [-0.4, -0.2) is 202 Å². The molecular weight excluding hydrogens is 1740 g/mol. The van der Waals surface area contributed by atoms with Gasteiger partial charge in [0.05, 0.1) is 82.3 Å². The smallest absolute Gasteiger partial charge is 0.387 e. The minimum absolute atomic E-state index is 0.0229. The molecule has 31 heteroatoms. The van der Waals surface area contributed by atoms with E-state index in [1.165, 1.54) is 31.3 Å². The molecule has 0 spiro atoms. The Labute approximate surface area is 785 Å². The van der Waals surface area contributed by atoms with Gasteiger partial charge in [-0.1, -0.05) is 109 Å². The number of aromatic amines is 1. The van der Waals surface area contributed by atoms with Gasteiger partial charge in [-0.05, 0) is 145 Å². The Morgan fingerprint density at radius 1 is 0.346 bits per heavy atom. The monoisotopic (exact) mass is 1840 g/mol. The predicted molar refractivity (Wildman–Crippen MR) is 526 cm³/mol. The number of nitrogens with one attached hydrogen (secondary N) is 1. The number of nitrogens with zero attached hydrogens (tertiary/aromatic N) is 12. The van der Waals surface area contributed by atoms with Gasteiger partial charge in [-0.3, -0.25) is 88.6 Å². The lowest BCUT2D eigenvalue weighted by Gasteiger charge is -2.17. The number of ketones is 6. The second kappa shape index (κ2) is 42.6. The van der Waals surface area contributed by atoms with Crippen molar-refractivity contribution in [3.63, 3.8) is 0 Å². The summed E-state index contributed by atoms with van der Waals surface area (Å²) in [5.41, 5.74) is 60.9. The van der Waals surface area contributed by atoms with E-state index in [-0.39, 0.29) is 92.4 Å². The third-order valence-corrected chi connectivity index (χ3v) is 24.0. The average molecular weight is 1840 g/mol. The van der Waals surface area contributed by atoms with Crippen LogP contribution >= 0.6 is 11.6 Å². The largest absolute Gasteiger partial charge is 0.492 e. The molecule has 0 saturated heterocycles. The van der Waals surface area contributed by atoms with Crippen molar-refractivity contribution in [3.8, 4) is 84.0 Å². The molecule has 0 amide bonds. The Hall–Kier alpha value is -15.4. The van der Waals surface area contributed by atoms with E-state index >= 15 is 0 Å². The molecule has 28 nitrogen and oxygen atoms in total. The fourth-order valence-electron chi connectivity index (χ4n) is 16.4. The molecule has 13 heterocycles. The normalized spacial score (nSPS) is 14.3. The molecule has 14 aromatic rings. The molecule has 0 bridgehead atoms. The standard InChI is InChI=1S/C19H19N3O2.C19H15N3O.C18H19N3O2.C17H14N4O.C16H14ClN3O.C16H13F2N3O2/c20-7-18-17-6-13(3-4-16(17)19(23)10-22-18)14-5-15(9-21-8-14)24-11-12-1-2-12;20-8-18-16-7-12(5-6-15(16)19(23)11-22-18)17-10-21-9-13-3-1-2-4-14(13)17;1-11(2)23-14-5-13(8-20-9-14)12-3-4-15-16(6-12)17(7-19)21-10-18(15)22;18-6-15-13-5-10(1-2-12(13)17(22)9-21-15)14-7-19-8-16-11(14)3-4-20-16;1-9-13(6-19-7-14(9)17)10-2-3-11-12(4-10)15(5-18)20-8-16(11)21;17-16(18)23-11-3-10(6-20-7-11)9-1-2-12-13(4-9)14(5-19)21-8-15(12)22/h3-6,8-9,12H,1-2,7,10-11,20H2;1-7,9-10H,8,11,20H2;3-6,8-9,11H,7,10,19H2,1-2H3;1-5,7-8,20H,6,9,18H2;2-4,6-7H,5,8,18H2,1H3;1-4,6-7,16H,5,8,19H2. The number of ether oxygens (including phenoxy) is 3. The van der Waals surface area contributed by atoms with Crippen LogP contribution in [0, 0.1) is 12.8 Å². The van der Waals surface area contributed by atoms with Gasteiger partial charge >= 0.3 is 6.61 Å². The second-order valence-electron chi connectivity index (χ2n) is 32.8. The molecular formula is C105H94ClF2N19O9. The molecule has 13 N–H and O–H groups in total. The van der Waals surface area contributed by atoms with E-state index < -0.39 is 6.61 Å². The molecule has 1 fully saturated rings. The summed E-state index contributed by atoms with van der Waals surface area (Å²) in [4.78, 5) is 126. The minimum Gasteiger partial charge on any atom is -0.492 e. The van der Waals surface area contributed by atoms with Crippen LogP contribution in [0.2, 0.25) is 5.02 Å². The van der Waals surface area contributed by atoms with Gasteiger partial charge in [0.2, 0.25) is 0 Å². The number of H-pyrrole nitrogens is 1. The average Bonchev–Trinajstić information content (AvgIpc) is 1.71. The first-order chi connectivity index (χ1) is 66.1. The Balaban J connectivity index is 0.000000118. The molecule has 21 rings (SSSR count). The van der Waals surface area contributed by atoms with Gasteiger partial charge in [-0.2, -0.15) is 8.78 Å². The van der Waals surface area contributed by atoms with Gasteiger partial charge in [0.1, 0.15) is 56.5 Å². The third kappa shape index (κ3) is 21.3. The van der Waals surface area contributed by atoms with Crippen molar-refractivity contribution in [1.82, 2.24) is 34.9 Å². The number of aliphatic imine (C=N–C) groups is 6.